The number of ketones is 1. The fraction of sp³-hybridized carbons (Fsp3) is 0.619. The Morgan fingerprint density at radius 1 is 1.19 bits per heavy atom. The number of hydrogen-bond acceptors (Lipinski definition) is 3. The lowest BCUT2D eigenvalue weighted by Crippen LogP contribution is -2.73. The summed E-state index contributed by atoms with van der Waals surface area (Å²) in [5, 5.41) is 3.60. The van der Waals surface area contributed by atoms with E-state index in [0.29, 0.717) is 10.6 Å². The molecule has 1 aromatic rings. The molecular weight excluding hydrogens is 378 g/mol. The van der Waals surface area contributed by atoms with Gasteiger partial charge in [0.2, 0.25) is 14.9 Å². The summed E-state index contributed by atoms with van der Waals surface area (Å²) in [4.78, 5) is 25.9. The Bertz CT molecular complexity index is 773. The molecule has 1 fully saturated rings. The average molecular weight is 407 g/mol. The van der Waals surface area contributed by atoms with Gasteiger partial charge in [-0.1, -0.05) is 38.4 Å². The molecule has 4 nitrogen and oxygen atoms in total. The number of fused-ring (bicyclic) bond motifs is 1. The topological polar surface area (TPSA) is 55.4 Å². The number of rotatable bonds is 4. The van der Waals surface area contributed by atoms with Crippen molar-refractivity contribution in [1.29, 1.82) is 0 Å². The molecule has 3 rings (SSSR count). The maximum atomic E-state index is 13.2. The number of amides is 1. The van der Waals surface area contributed by atoms with Crippen molar-refractivity contribution in [2.75, 3.05) is 0 Å². The molecule has 0 unspecified atom stereocenters. The summed E-state index contributed by atoms with van der Waals surface area (Å²) < 4.78 is 6.43. The largest absolute Gasteiger partial charge is 0.411 e. The zero-order valence-corrected chi connectivity index (χ0v) is 18.7. The molecule has 1 heterocycles. The van der Waals surface area contributed by atoms with Gasteiger partial charge in [-0.15, -0.1) is 0 Å². The van der Waals surface area contributed by atoms with Crippen molar-refractivity contribution in [3.05, 3.63) is 34.3 Å². The van der Waals surface area contributed by atoms with Gasteiger partial charge in [0, 0.05) is 16.5 Å². The molecule has 147 valence electrons. The van der Waals surface area contributed by atoms with E-state index in [9.17, 15) is 9.59 Å². The summed E-state index contributed by atoms with van der Waals surface area (Å²) in [6, 6.07) is 5.34. The van der Waals surface area contributed by atoms with E-state index in [1.54, 1.807) is 6.07 Å². The van der Waals surface area contributed by atoms with Crippen molar-refractivity contribution in [2.24, 2.45) is 17.3 Å². The molecule has 27 heavy (non-hydrogen) atoms. The van der Waals surface area contributed by atoms with Gasteiger partial charge in [-0.3, -0.25) is 9.59 Å². The van der Waals surface area contributed by atoms with Crippen LogP contribution < -0.4 is 5.32 Å². The molecule has 1 aliphatic heterocycles. The number of benzene rings is 1. The molecule has 0 saturated carbocycles. The van der Waals surface area contributed by atoms with Crippen LogP contribution in [0.5, 0.6) is 0 Å². The normalized spacial score (nSPS) is 27.6. The molecular formula is C21H29ClNO3Si. The van der Waals surface area contributed by atoms with E-state index in [1.165, 1.54) is 0 Å². The summed E-state index contributed by atoms with van der Waals surface area (Å²) in [6.07, 6.45) is 1.57. The van der Waals surface area contributed by atoms with Gasteiger partial charge in [0.1, 0.15) is 0 Å². The first kappa shape index (κ1) is 20.6. The van der Waals surface area contributed by atoms with E-state index in [4.69, 9.17) is 16.0 Å². The number of Topliss-reactive ketones (excluding diaryl/α,β-unsaturated/α-hetero) is 1. The third-order valence-electron chi connectivity index (χ3n) is 6.28. The van der Waals surface area contributed by atoms with Crippen molar-refractivity contribution in [1.82, 2.24) is 5.32 Å². The third-order valence-corrected chi connectivity index (χ3v) is 7.35. The second-order valence-electron chi connectivity index (χ2n) is 9.19. The monoisotopic (exact) mass is 406 g/mol. The maximum absolute atomic E-state index is 13.2. The lowest BCUT2D eigenvalue weighted by atomic mass is 9.60. The summed E-state index contributed by atoms with van der Waals surface area (Å²) in [7, 11) is -1.02. The zero-order valence-electron chi connectivity index (χ0n) is 17.0. The highest BCUT2D eigenvalue weighted by Crippen LogP contribution is 2.47. The molecule has 1 N–H and O–H groups in total. The van der Waals surface area contributed by atoms with Crippen molar-refractivity contribution >= 4 is 32.3 Å². The van der Waals surface area contributed by atoms with Gasteiger partial charge >= 0.3 is 0 Å². The van der Waals surface area contributed by atoms with Crippen molar-refractivity contribution in [3.63, 3.8) is 0 Å². The quantitative estimate of drug-likeness (QED) is 0.600. The fourth-order valence-corrected chi connectivity index (χ4v) is 5.87. The van der Waals surface area contributed by atoms with E-state index in [-0.39, 0.29) is 35.0 Å². The van der Waals surface area contributed by atoms with Crippen molar-refractivity contribution < 1.29 is 14.0 Å². The van der Waals surface area contributed by atoms with Gasteiger partial charge in [0.25, 0.3) is 0 Å². The minimum absolute atomic E-state index is 0.00892. The van der Waals surface area contributed by atoms with Gasteiger partial charge in [-0.2, -0.15) is 0 Å². The predicted molar refractivity (Wildman–Crippen MR) is 109 cm³/mol. The van der Waals surface area contributed by atoms with Gasteiger partial charge < -0.3 is 9.74 Å². The fourth-order valence-electron chi connectivity index (χ4n) is 4.42. The van der Waals surface area contributed by atoms with Crippen LogP contribution in [-0.2, 0) is 15.6 Å². The number of β-lactam (4-membered cyclic amide) rings is 1. The number of halogens is 1. The van der Waals surface area contributed by atoms with Gasteiger partial charge in [0.05, 0.1) is 17.6 Å². The molecule has 1 aliphatic carbocycles. The van der Waals surface area contributed by atoms with Crippen LogP contribution in [0.25, 0.3) is 0 Å². The van der Waals surface area contributed by atoms with Crippen molar-refractivity contribution in [2.45, 2.75) is 65.3 Å². The summed E-state index contributed by atoms with van der Waals surface area (Å²) in [5.74, 6) is -0.477. The lowest BCUT2D eigenvalue weighted by molar-refractivity contribution is -0.161. The van der Waals surface area contributed by atoms with Crippen LogP contribution in [-0.4, -0.2) is 32.4 Å². The van der Waals surface area contributed by atoms with Gasteiger partial charge in [0.15, 0.2) is 5.78 Å². The van der Waals surface area contributed by atoms with Crippen LogP contribution in [0.2, 0.25) is 18.1 Å². The molecule has 1 saturated heterocycles. The van der Waals surface area contributed by atoms with E-state index < -0.39 is 14.6 Å². The maximum Gasteiger partial charge on any atom is 0.228 e. The number of carbonyl (C=O) groups is 2. The Balaban J connectivity index is 1.93. The molecule has 4 atom stereocenters. The molecule has 1 amide bonds. The van der Waals surface area contributed by atoms with Crippen LogP contribution in [0.3, 0.4) is 0 Å². The summed E-state index contributed by atoms with van der Waals surface area (Å²) in [5.41, 5.74) is 0.902. The highest BCUT2D eigenvalue weighted by atomic mass is 35.5. The van der Waals surface area contributed by atoms with Crippen LogP contribution >= 0.6 is 11.6 Å². The second-order valence-corrected chi connectivity index (χ2v) is 11.6. The number of aryl methyl sites for hydroxylation is 1. The van der Waals surface area contributed by atoms with E-state index in [0.717, 1.165) is 18.4 Å². The van der Waals surface area contributed by atoms with Crippen LogP contribution in [0.15, 0.2) is 18.2 Å². The Hall–Kier alpha value is -1.17. The Morgan fingerprint density at radius 2 is 1.85 bits per heavy atom. The smallest absolute Gasteiger partial charge is 0.228 e. The SMILES string of the molecule is C[Si](C)O[C@](C)([C@H]1C(=O)N[C@@H]1[C@@H]1CCc2ccc(Cl)cc2C1=O)C(C)(C)C. The minimum Gasteiger partial charge on any atom is -0.411 e. The molecule has 1 aromatic carbocycles. The van der Waals surface area contributed by atoms with Crippen LogP contribution in [0.1, 0.15) is 50.0 Å². The molecule has 2 aliphatic rings. The predicted octanol–water partition coefficient (Wildman–Crippen LogP) is 4.27. The Morgan fingerprint density at radius 3 is 2.41 bits per heavy atom. The first-order valence-electron chi connectivity index (χ1n) is 9.58. The highest BCUT2D eigenvalue weighted by molar-refractivity contribution is 6.48. The standard InChI is InChI=1S/C21H29ClNO3Si/c1-20(2,3)21(4,26-27(5)6)16-17(23-19(16)25)14-10-8-12-7-9-13(22)11-15(12)18(14)24/h7,9,11,14,16-17H,8,10H2,1-6H3,(H,23,25)/t14-,16+,17+,21+/m0/s1. The molecule has 0 aromatic heterocycles. The van der Waals surface area contributed by atoms with E-state index in [2.05, 4.69) is 39.2 Å². The van der Waals surface area contributed by atoms with Crippen LogP contribution in [0, 0.1) is 17.3 Å². The number of hydrogen-bond donors (Lipinski definition) is 1. The molecule has 1 radical (unpaired) electrons. The third kappa shape index (κ3) is 3.50. The second kappa shape index (κ2) is 7.01. The lowest BCUT2D eigenvalue weighted by Gasteiger charge is -2.56. The van der Waals surface area contributed by atoms with Crippen LogP contribution in [0.4, 0.5) is 0 Å². The van der Waals surface area contributed by atoms with Gasteiger partial charge in [-0.25, -0.2) is 0 Å². The zero-order chi connectivity index (χ0) is 20.1. The minimum atomic E-state index is -1.02. The van der Waals surface area contributed by atoms with Crippen molar-refractivity contribution in [3.8, 4) is 0 Å². The van der Waals surface area contributed by atoms with Gasteiger partial charge in [-0.05, 0) is 56.0 Å². The first-order chi connectivity index (χ1) is 12.5. The molecule has 6 heteroatoms. The average Bonchev–Trinajstić information content (AvgIpc) is 2.52. The molecule has 0 spiro atoms. The molecule has 0 bridgehead atoms. The Labute approximate surface area is 168 Å². The summed E-state index contributed by atoms with van der Waals surface area (Å²) >= 11 is 6.12. The van der Waals surface area contributed by atoms with E-state index in [1.807, 2.05) is 19.1 Å². The first-order valence-corrected chi connectivity index (χ1v) is 12.4. The Kier molecular flexibility index (Phi) is 5.34. The van der Waals surface area contributed by atoms with E-state index >= 15 is 0 Å². The summed E-state index contributed by atoms with van der Waals surface area (Å²) in [6.45, 7) is 12.5. The number of nitrogens with one attached hydrogen (secondary N) is 1. The number of carbonyl (C=O) groups excluding carboxylic acids is 2. The highest BCUT2D eigenvalue weighted by Gasteiger charge is 2.60.